The van der Waals surface area contributed by atoms with E-state index in [1.165, 1.54) is 12.1 Å². The number of carbonyl (C=O) groups excluding carboxylic acids is 2. The van der Waals surface area contributed by atoms with E-state index in [-0.39, 0.29) is 27.9 Å². The molecule has 0 bridgehead atoms. The zero-order valence-corrected chi connectivity index (χ0v) is 16.5. The van der Waals surface area contributed by atoms with Gasteiger partial charge in [0.05, 0.1) is 28.0 Å². The van der Waals surface area contributed by atoms with Crippen molar-refractivity contribution in [2.24, 2.45) is 0 Å². The Bertz CT molecular complexity index is 1270. The van der Waals surface area contributed by atoms with Crippen LogP contribution in [0.2, 0.25) is 0 Å². The molecule has 4 rings (SSSR count). The highest BCUT2D eigenvalue weighted by atomic mass is 32.2. The van der Waals surface area contributed by atoms with Crippen LogP contribution >= 0.6 is 0 Å². The van der Waals surface area contributed by atoms with Gasteiger partial charge in [0.1, 0.15) is 10.1 Å². The molecule has 1 aliphatic rings. The first-order valence-corrected chi connectivity index (χ1v) is 10.5. The number of aromatic nitrogens is 2. The fourth-order valence-corrected chi connectivity index (χ4v) is 4.18. The van der Waals surface area contributed by atoms with Gasteiger partial charge >= 0.3 is 0 Å². The molecular weight excluding hydrogens is 408 g/mol. The van der Waals surface area contributed by atoms with Crippen molar-refractivity contribution in [3.8, 4) is 0 Å². The summed E-state index contributed by atoms with van der Waals surface area (Å²) >= 11 is 0. The summed E-state index contributed by atoms with van der Waals surface area (Å²) in [5.74, 6) is -1.05. The van der Waals surface area contributed by atoms with Crippen LogP contribution in [0.25, 0.3) is 0 Å². The van der Waals surface area contributed by atoms with E-state index in [0.29, 0.717) is 19.5 Å². The predicted molar refractivity (Wildman–Crippen MR) is 107 cm³/mol. The number of hydrogen-bond acceptors (Lipinski definition) is 8. The second-order valence-electron chi connectivity index (χ2n) is 6.82. The number of anilines is 2. The van der Waals surface area contributed by atoms with Gasteiger partial charge in [0, 0.05) is 42.3 Å². The van der Waals surface area contributed by atoms with Gasteiger partial charge in [-0.15, -0.1) is 0 Å². The van der Waals surface area contributed by atoms with Gasteiger partial charge in [-0.2, -0.15) is 0 Å². The minimum absolute atomic E-state index is 0.0220. The Morgan fingerprint density at radius 2 is 1.77 bits per heavy atom. The molecule has 10 heteroatoms. The van der Waals surface area contributed by atoms with Crippen LogP contribution in [0.1, 0.15) is 38.3 Å². The topological polar surface area (TPSA) is 147 Å². The molecule has 0 unspecified atom stereocenters. The smallest absolute Gasteiger partial charge is 0.196 e. The van der Waals surface area contributed by atoms with E-state index in [1.807, 2.05) is 4.57 Å². The van der Waals surface area contributed by atoms with Gasteiger partial charge in [-0.25, -0.2) is 13.4 Å². The summed E-state index contributed by atoms with van der Waals surface area (Å²) in [6.07, 6.45) is 5.73. The lowest BCUT2D eigenvalue weighted by Gasteiger charge is -2.25. The van der Waals surface area contributed by atoms with E-state index in [0.717, 1.165) is 6.07 Å². The number of imidazole rings is 1. The third-order valence-electron chi connectivity index (χ3n) is 4.94. The first-order chi connectivity index (χ1) is 14.3. The number of ketones is 2. The number of carbonyl (C=O) groups is 2. The molecule has 0 fully saturated rings. The summed E-state index contributed by atoms with van der Waals surface area (Å²) in [6, 6.07) is 7.25. The second kappa shape index (κ2) is 7.39. The van der Waals surface area contributed by atoms with Gasteiger partial charge in [-0.1, -0.05) is 24.3 Å². The molecule has 0 amide bonds. The standard InChI is InChI=1S/C20H18N4O5S/c21-18-15(30(27,28)29)10-14(23-6-3-8-24-9-7-22-11-24)16-17(18)20(26)13-5-2-1-4-12(13)19(16)25/h1-2,4-5,7,9-11,23H,3,6,8,21H2,(H,27,28,29)/p-1. The molecular formula is C20H17N4O5S-. The minimum atomic E-state index is -4.96. The molecule has 154 valence electrons. The molecule has 3 aromatic rings. The van der Waals surface area contributed by atoms with Crippen LogP contribution in [0.5, 0.6) is 0 Å². The fourth-order valence-electron chi connectivity index (χ4n) is 3.54. The number of aryl methyl sites for hydroxylation is 1. The Morgan fingerprint density at radius 3 is 2.37 bits per heavy atom. The molecule has 0 radical (unpaired) electrons. The maximum absolute atomic E-state index is 13.1. The SMILES string of the molecule is Nc1c(S(=O)(=O)[O-])cc(NCCCn2ccnc2)c2c1C(=O)c1ccccc1C2=O. The zero-order chi connectivity index (χ0) is 21.5. The van der Waals surface area contributed by atoms with Crippen LogP contribution in [0.4, 0.5) is 11.4 Å². The molecule has 0 spiro atoms. The van der Waals surface area contributed by atoms with Gasteiger partial charge in [0.2, 0.25) is 0 Å². The minimum Gasteiger partial charge on any atom is -0.744 e. The zero-order valence-electron chi connectivity index (χ0n) is 15.7. The van der Waals surface area contributed by atoms with Gasteiger partial charge < -0.3 is 20.2 Å². The van der Waals surface area contributed by atoms with E-state index >= 15 is 0 Å². The molecule has 9 nitrogen and oxygen atoms in total. The summed E-state index contributed by atoms with van der Waals surface area (Å²) in [4.78, 5) is 29.4. The third kappa shape index (κ3) is 3.36. The quantitative estimate of drug-likeness (QED) is 0.269. The molecule has 1 aliphatic carbocycles. The largest absolute Gasteiger partial charge is 0.744 e. The molecule has 0 atom stereocenters. The number of rotatable bonds is 6. The van der Waals surface area contributed by atoms with Crippen LogP contribution < -0.4 is 11.1 Å². The average molecular weight is 425 g/mol. The summed E-state index contributed by atoms with van der Waals surface area (Å²) < 4.78 is 37.1. The molecule has 1 heterocycles. The van der Waals surface area contributed by atoms with Crippen molar-refractivity contribution in [3.63, 3.8) is 0 Å². The number of nitrogens with one attached hydrogen (secondary N) is 1. The highest BCUT2D eigenvalue weighted by Crippen LogP contribution is 2.38. The third-order valence-corrected chi connectivity index (χ3v) is 5.81. The van der Waals surface area contributed by atoms with Crippen molar-refractivity contribution in [3.05, 3.63) is 71.3 Å². The molecule has 0 saturated heterocycles. The predicted octanol–water partition coefficient (Wildman–Crippen LogP) is 1.65. The number of nitrogen functional groups attached to an aromatic ring is 1. The van der Waals surface area contributed by atoms with E-state index in [1.54, 1.807) is 30.9 Å². The lowest BCUT2D eigenvalue weighted by molar-refractivity contribution is 0.0980. The van der Waals surface area contributed by atoms with Crippen molar-refractivity contribution in [1.29, 1.82) is 0 Å². The first kappa shape index (κ1) is 19.8. The molecule has 3 N–H and O–H groups in total. The molecule has 0 saturated carbocycles. The van der Waals surface area contributed by atoms with Crippen molar-refractivity contribution in [2.45, 2.75) is 17.9 Å². The van der Waals surface area contributed by atoms with Gasteiger partial charge in [0.25, 0.3) is 0 Å². The van der Waals surface area contributed by atoms with Crippen molar-refractivity contribution >= 4 is 33.1 Å². The van der Waals surface area contributed by atoms with Crippen LogP contribution in [-0.2, 0) is 16.7 Å². The van der Waals surface area contributed by atoms with E-state index in [9.17, 15) is 22.6 Å². The second-order valence-corrected chi connectivity index (χ2v) is 8.17. The summed E-state index contributed by atoms with van der Waals surface area (Å²) in [5, 5.41) is 2.99. The summed E-state index contributed by atoms with van der Waals surface area (Å²) in [7, 11) is -4.96. The molecule has 30 heavy (non-hydrogen) atoms. The lowest BCUT2D eigenvalue weighted by atomic mass is 9.82. The normalized spacial score (nSPS) is 13.1. The maximum atomic E-state index is 13.1. The van der Waals surface area contributed by atoms with Crippen LogP contribution in [-0.4, -0.2) is 40.6 Å². The van der Waals surface area contributed by atoms with Crippen LogP contribution in [0, 0.1) is 0 Å². The molecule has 1 aromatic heterocycles. The van der Waals surface area contributed by atoms with Crippen molar-refractivity contribution in [1.82, 2.24) is 9.55 Å². The van der Waals surface area contributed by atoms with Gasteiger partial charge in [-0.05, 0) is 12.5 Å². The number of hydrogen-bond donors (Lipinski definition) is 2. The fraction of sp³-hybridized carbons (Fsp3) is 0.150. The van der Waals surface area contributed by atoms with Crippen LogP contribution in [0.15, 0.2) is 53.9 Å². The highest BCUT2D eigenvalue weighted by molar-refractivity contribution is 7.86. The Morgan fingerprint density at radius 1 is 1.10 bits per heavy atom. The van der Waals surface area contributed by atoms with E-state index < -0.39 is 32.3 Å². The number of fused-ring (bicyclic) bond motifs is 2. The Hall–Kier alpha value is -3.50. The summed E-state index contributed by atoms with van der Waals surface area (Å²) in [5.41, 5.74) is 5.53. The Balaban J connectivity index is 1.77. The molecule has 0 aliphatic heterocycles. The highest BCUT2D eigenvalue weighted by Gasteiger charge is 2.35. The van der Waals surface area contributed by atoms with Crippen LogP contribution in [0.3, 0.4) is 0 Å². The Labute approximate surface area is 172 Å². The lowest BCUT2D eigenvalue weighted by Crippen LogP contribution is -2.25. The summed E-state index contributed by atoms with van der Waals surface area (Å²) in [6.45, 7) is 0.989. The average Bonchev–Trinajstić information content (AvgIpc) is 3.22. The molecule has 2 aromatic carbocycles. The van der Waals surface area contributed by atoms with Crippen molar-refractivity contribution < 1.29 is 22.6 Å². The number of nitrogens with two attached hydrogens (primary N) is 1. The first-order valence-electron chi connectivity index (χ1n) is 9.09. The van der Waals surface area contributed by atoms with E-state index in [4.69, 9.17) is 5.73 Å². The monoisotopic (exact) mass is 425 g/mol. The Kier molecular flexibility index (Phi) is 4.88. The van der Waals surface area contributed by atoms with E-state index in [2.05, 4.69) is 10.3 Å². The number of nitrogens with zero attached hydrogens (tertiary/aromatic N) is 2. The maximum Gasteiger partial charge on any atom is 0.196 e. The van der Waals surface area contributed by atoms with Gasteiger partial charge in [0.15, 0.2) is 11.6 Å². The van der Waals surface area contributed by atoms with Crippen molar-refractivity contribution in [2.75, 3.05) is 17.6 Å². The number of benzene rings is 2. The van der Waals surface area contributed by atoms with Gasteiger partial charge in [-0.3, -0.25) is 9.59 Å².